The lowest BCUT2D eigenvalue weighted by molar-refractivity contribution is -0.377. The van der Waals surface area contributed by atoms with Crippen molar-refractivity contribution in [2.75, 3.05) is 11.9 Å². The maximum Gasteiger partial charge on any atom is 0.387 e. The second kappa shape index (κ2) is 14.0. The molecule has 0 unspecified atom stereocenters. The fourth-order valence-electron chi connectivity index (χ4n) is 4.51. The Labute approximate surface area is 262 Å². The molecule has 1 aromatic heterocycles. The summed E-state index contributed by atoms with van der Waals surface area (Å²) in [7, 11) is 0. The van der Waals surface area contributed by atoms with E-state index in [0.29, 0.717) is 44.9 Å². The van der Waals surface area contributed by atoms with E-state index in [1.165, 1.54) is 42.7 Å². The molecule has 0 aliphatic heterocycles. The number of aromatic hydroxyl groups is 2. The van der Waals surface area contributed by atoms with Crippen molar-refractivity contribution in [3.8, 4) is 23.0 Å². The molecule has 12 heteroatoms. The number of hydrogen-bond donors (Lipinski definition) is 3. The van der Waals surface area contributed by atoms with Gasteiger partial charge < -0.3 is 29.7 Å². The Morgan fingerprint density at radius 2 is 1.75 bits per heavy atom. The number of H-pyrrole nitrogens is 1. The summed E-state index contributed by atoms with van der Waals surface area (Å²) >= 11 is 12.8. The molecule has 0 amide bonds. The van der Waals surface area contributed by atoms with Crippen LogP contribution in [-0.2, 0) is 17.7 Å². The summed E-state index contributed by atoms with van der Waals surface area (Å²) < 4.78 is 42.7. The van der Waals surface area contributed by atoms with Crippen LogP contribution in [0.3, 0.4) is 0 Å². The van der Waals surface area contributed by atoms with Crippen LogP contribution in [0.1, 0.15) is 46.0 Å². The third-order valence-corrected chi connectivity index (χ3v) is 7.75. The van der Waals surface area contributed by atoms with E-state index in [1.807, 2.05) is 0 Å². The van der Waals surface area contributed by atoms with Gasteiger partial charge in [-0.15, -0.1) is 0 Å². The quantitative estimate of drug-likeness (QED) is 0.103. The molecule has 1 saturated carbocycles. The van der Waals surface area contributed by atoms with Crippen LogP contribution < -0.4 is 19.8 Å². The summed E-state index contributed by atoms with van der Waals surface area (Å²) in [6, 6.07) is 15.6. The van der Waals surface area contributed by atoms with Crippen molar-refractivity contribution < 1.29 is 43.0 Å². The fourth-order valence-corrected chi connectivity index (χ4v) is 5.04. The van der Waals surface area contributed by atoms with Crippen LogP contribution in [-0.4, -0.2) is 29.4 Å². The van der Waals surface area contributed by atoms with Gasteiger partial charge in [-0.2, -0.15) is 8.78 Å². The number of carbonyl (C=O) groups excluding carboxylic acids is 1. The van der Waals surface area contributed by atoms with Gasteiger partial charge in [0, 0.05) is 24.1 Å². The van der Waals surface area contributed by atoms with E-state index < -0.39 is 18.7 Å². The first-order chi connectivity index (χ1) is 21.2. The van der Waals surface area contributed by atoms with Crippen LogP contribution in [0, 0.1) is 5.92 Å². The SMILES string of the molecule is O=C(O[C@@H](Cc1c(Cl)c[nH+]cc1Cl)c1ccc(OC(F)F)c(OCC2CC2)c1)c1cccc(CNc2ccccc2O)c1O. The molecule has 0 radical (unpaired) electrons. The number of carbonyl (C=O) groups is 1. The van der Waals surface area contributed by atoms with Crippen molar-refractivity contribution >= 4 is 34.9 Å². The molecule has 0 saturated heterocycles. The van der Waals surface area contributed by atoms with Crippen molar-refractivity contribution in [1.82, 2.24) is 0 Å². The first kappa shape index (κ1) is 31.2. The van der Waals surface area contributed by atoms with Gasteiger partial charge in [-0.25, -0.2) is 9.78 Å². The van der Waals surface area contributed by atoms with Crippen LogP contribution >= 0.6 is 23.2 Å². The van der Waals surface area contributed by atoms with Gasteiger partial charge in [0.1, 0.15) is 33.2 Å². The lowest BCUT2D eigenvalue weighted by Crippen LogP contribution is -2.16. The first-order valence-electron chi connectivity index (χ1n) is 13.8. The van der Waals surface area contributed by atoms with Crippen molar-refractivity contribution in [3.63, 3.8) is 0 Å². The highest BCUT2D eigenvalue weighted by atomic mass is 35.5. The molecule has 1 fully saturated rings. The molecule has 0 bridgehead atoms. The van der Waals surface area contributed by atoms with Gasteiger partial charge >= 0.3 is 12.6 Å². The summed E-state index contributed by atoms with van der Waals surface area (Å²) in [5.74, 6) is -0.859. The lowest BCUT2D eigenvalue weighted by atomic mass is 10.0. The van der Waals surface area contributed by atoms with Crippen LogP contribution in [0.15, 0.2) is 73.1 Å². The summed E-state index contributed by atoms with van der Waals surface area (Å²) in [6.07, 6.45) is 4.02. The highest BCUT2D eigenvalue weighted by molar-refractivity contribution is 6.35. The Hall–Kier alpha value is -4.28. The second-order valence-electron chi connectivity index (χ2n) is 10.3. The molecular weight excluding hydrogens is 617 g/mol. The normalized spacial score (nSPS) is 13.4. The number of phenols is 2. The number of anilines is 1. The largest absolute Gasteiger partial charge is 0.507 e. The molecule has 0 spiro atoms. The summed E-state index contributed by atoms with van der Waals surface area (Å²) in [4.78, 5) is 16.4. The van der Waals surface area contributed by atoms with E-state index >= 15 is 0 Å². The number of ether oxygens (including phenoxy) is 3. The molecule has 3 aromatic carbocycles. The highest BCUT2D eigenvalue weighted by Crippen LogP contribution is 2.38. The molecular formula is C32H29Cl2F2N2O6+. The predicted molar refractivity (Wildman–Crippen MR) is 160 cm³/mol. The van der Waals surface area contributed by atoms with E-state index in [0.717, 1.165) is 12.8 Å². The standard InChI is InChI=1S/C32H28Cl2F2N2O6/c33-23-15-37-16-24(34)22(23)13-28(19-10-11-27(44-32(35)36)29(12-19)42-17-18-8-9-18)43-31(41)21-5-3-4-20(30(21)40)14-38-25-6-1-2-7-26(25)39/h1-7,10-12,15-16,18,28,32,38-40H,8-9,13-14,17H2/p+1/t28-/m0/s1. The number of esters is 1. The topological polar surface area (TPSA) is 111 Å². The van der Waals surface area contributed by atoms with Crippen LogP contribution in [0.2, 0.25) is 10.0 Å². The number of hydrogen-bond acceptors (Lipinski definition) is 7. The Kier molecular flexibility index (Phi) is 9.92. The molecule has 1 aliphatic rings. The molecule has 4 N–H and O–H groups in total. The summed E-state index contributed by atoms with van der Waals surface area (Å²) in [5, 5.41) is 24.7. The molecule has 1 heterocycles. The molecule has 230 valence electrons. The van der Waals surface area contributed by atoms with Gasteiger partial charge in [0.2, 0.25) is 0 Å². The third-order valence-electron chi connectivity index (χ3n) is 7.08. The molecule has 4 aromatic rings. The average Bonchev–Trinajstić information content (AvgIpc) is 3.82. The number of nitrogens with one attached hydrogen (secondary N) is 2. The van der Waals surface area contributed by atoms with E-state index in [1.54, 1.807) is 30.3 Å². The number of aromatic nitrogens is 1. The zero-order valence-electron chi connectivity index (χ0n) is 23.2. The minimum Gasteiger partial charge on any atom is -0.507 e. The van der Waals surface area contributed by atoms with Crippen molar-refractivity contribution in [2.45, 2.75) is 38.5 Å². The second-order valence-corrected chi connectivity index (χ2v) is 11.1. The van der Waals surface area contributed by atoms with Gasteiger partial charge in [0.05, 0.1) is 12.3 Å². The van der Waals surface area contributed by atoms with E-state index in [-0.39, 0.29) is 41.5 Å². The number of para-hydroxylation sites is 3. The summed E-state index contributed by atoms with van der Waals surface area (Å²) in [6.45, 7) is -2.63. The minimum absolute atomic E-state index is 0.0183. The first-order valence-corrected chi connectivity index (χ1v) is 14.5. The Bertz CT molecular complexity index is 1620. The molecule has 5 rings (SSSR count). The number of phenolic OH excluding ortho intramolecular Hbond substituents is 2. The molecule has 1 aliphatic carbocycles. The number of aromatic amines is 1. The maximum absolute atomic E-state index is 13.5. The monoisotopic (exact) mass is 645 g/mol. The Balaban J connectivity index is 1.44. The Morgan fingerprint density at radius 3 is 2.45 bits per heavy atom. The van der Waals surface area contributed by atoms with Crippen molar-refractivity contribution in [3.05, 3.63) is 105 Å². The highest BCUT2D eigenvalue weighted by Gasteiger charge is 2.27. The molecule has 44 heavy (non-hydrogen) atoms. The van der Waals surface area contributed by atoms with Gasteiger partial charge in [-0.3, -0.25) is 0 Å². The maximum atomic E-state index is 13.5. The van der Waals surface area contributed by atoms with Gasteiger partial charge in [0.15, 0.2) is 23.9 Å². The molecule has 1 atom stereocenters. The number of rotatable bonds is 13. The van der Waals surface area contributed by atoms with E-state index in [9.17, 15) is 23.8 Å². The van der Waals surface area contributed by atoms with Crippen molar-refractivity contribution in [1.29, 1.82) is 0 Å². The van der Waals surface area contributed by atoms with Crippen LogP contribution in [0.5, 0.6) is 23.0 Å². The third kappa shape index (κ3) is 7.81. The van der Waals surface area contributed by atoms with Gasteiger partial charge in [0.25, 0.3) is 0 Å². The lowest BCUT2D eigenvalue weighted by Gasteiger charge is -2.22. The summed E-state index contributed by atoms with van der Waals surface area (Å²) in [5.41, 5.74) is 1.61. The van der Waals surface area contributed by atoms with Gasteiger partial charge in [-0.1, -0.05) is 53.5 Å². The van der Waals surface area contributed by atoms with E-state index in [2.05, 4.69) is 15.0 Å². The number of alkyl halides is 2. The van der Waals surface area contributed by atoms with Crippen LogP contribution in [0.25, 0.3) is 0 Å². The predicted octanol–water partition coefficient (Wildman–Crippen LogP) is 7.36. The Morgan fingerprint density at radius 1 is 1.00 bits per heavy atom. The number of halogens is 4. The van der Waals surface area contributed by atoms with Crippen LogP contribution in [0.4, 0.5) is 14.5 Å². The zero-order chi connectivity index (χ0) is 31.2. The molecule has 8 nitrogen and oxygen atoms in total. The fraction of sp³-hybridized carbons (Fsp3) is 0.250. The van der Waals surface area contributed by atoms with Gasteiger partial charge in [-0.05, 0) is 54.7 Å². The average molecular weight is 646 g/mol. The minimum atomic E-state index is -3.06. The number of benzene rings is 3. The van der Waals surface area contributed by atoms with Crippen molar-refractivity contribution in [2.24, 2.45) is 5.92 Å². The number of pyridine rings is 1. The van der Waals surface area contributed by atoms with E-state index in [4.69, 9.17) is 32.7 Å². The zero-order valence-corrected chi connectivity index (χ0v) is 24.7. The smallest absolute Gasteiger partial charge is 0.387 e.